The van der Waals surface area contributed by atoms with E-state index in [9.17, 15) is 19.2 Å². The van der Waals surface area contributed by atoms with Crippen LogP contribution in [0.5, 0.6) is 0 Å². The number of rotatable bonds is 6. The van der Waals surface area contributed by atoms with E-state index >= 15 is 0 Å². The van der Waals surface area contributed by atoms with Crippen molar-refractivity contribution in [3.8, 4) is 0 Å². The average Bonchev–Trinajstić information content (AvgIpc) is 2.86. The highest BCUT2D eigenvalue weighted by Gasteiger charge is 2.37. The second-order valence-electron chi connectivity index (χ2n) is 9.94. The summed E-state index contributed by atoms with van der Waals surface area (Å²) in [4.78, 5) is 50.5. The molecule has 8 nitrogen and oxygen atoms in total. The maximum atomic E-state index is 13.9. The summed E-state index contributed by atoms with van der Waals surface area (Å²) in [5.74, 6) is -0.639. The van der Waals surface area contributed by atoms with Crippen LogP contribution in [0.2, 0.25) is 0 Å². The molecule has 2 aromatic rings. The van der Waals surface area contributed by atoms with Crippen LogP contribution in [-0.2, 0) is 9.59 Å². The number of benzene rings is 2. The van der Waals surface area contributed by atoms with Gasteiger partial charge in [0.2, 0.25) is 11.8 Å². The number of aryl methyl sites for hydroxylation is 1. The highest BCUT2D eigenvalue weighted by Crippen LogP contribution is 2.38. The van der Waals surface area contributed by atoms with Gasteiger partial charge in [-0.15, -0.1) is 0 Å². The normalized spacial score (nSPS) is 16.3. The molecule has 0 saturated carbocycles. The SMILES string of the molecule is CC(=O)NC1=CCCC(NC2=C3C(=O)c4c(C)cc(Nc5cccc(NC(C)=O)c5)cc4C(=O)C3=CCC2)=C1. The lowest BCUT2D eigenvalue weighted by atomic mass is 9.76. The highest BCUT2D eigenvalue weighted by molar-refractivity contribution is 6.32. The molecule has 8 heteroatoms. The molecule has 0 fully saturated rings. The summed E-state index contributed by atoms with van der Waals surface area (Å²) < 4.78 is 0. The van der Waals surface area contributed by atoms with E-state index < -0.39 is 0 Å². The van der Waals surface area contributed by atoms with Crippen molar-refractivity contribution >= 4 is 40.4 Å². The molecule has 3 aliphatic carbocycles. The van der Waals surface area contributed by atoms with Gasteiger partial charge in [0.05, 0.1) is 5.57 Å². The molecule has 0 bridgehead atoms. The quantitative estimate of drug-likeness (QED) is 0.407. The molecule has 0 saturated heterocycles. The number of carbonyl (C=O) groups excluding carboxylic acids is 4. The third-order valence-electron chi connectivity index (χ3n) is 6.80. The fraction of sp³-hybridized carbons (Fsp3) is 0.226. The van der Waals surface area contributed by atoms with Crippen LogP contribution in [0.4, 0.5) is 17.1 Å². The Labute approximate surface area is 226 Å². The number of allylic oxidation sites excluding steroid dienone is 7. The predicted molar refractivity (Wildman–Crippen MR) is 151 cm³/mol. The van der Waals surface area contributed by atoms with Gasteiger partial charge in [0, 0.05) is 64.7 Å². The standard InChI is InChI=1S/C31H30N4O4/c1-17-13-24(34-22-9-4-7-20(14-22)32-18(2)36)16-26-28(17)31(39)29-25(30(26)38)11-6-12-27(29)35-23-10-5-8-21(15-23)33-19(3)37/h4,7-9,11,13-16,34-35H,5-6,10,12H2,1-3H3,(H,32,36)(H,33,37). The third-order valence-corrected chi connectivity index (χ3v) is 6.80. The lowest BCUT2D eigenvalue weighted by molar-refractivity contribution is -0.118. The fourth-order valence-electron chi connectivity index (χ4n) is 5.28. The number of Topliss-reactive ketones (excluding diaryl/α,β-unsaturated/α-hetero) is 2. The lowest BCUT2D eigenvalue weighted by Gasteiger charge is -2.29. The van der Waals surface area contributed by atoms with Crippen molar-refractivity contribution in [1.29, 1.82) is 0 Å². The van der Waals surface area contributed by atoms with E-state index in [2.05, 4.69) is 21.3 Å². The predicted octanol–water partition coefficient (Wildman–Crippen LogP) is 5.34. The number of fused-ring (bicyclic) bond motifs is 2. The molecule has 0 atom stereocenters. The average molecular weight is 523 g/mol. The summed E-state index contributed by atoms with van der Waals surface area (Å²) >= 11 is 0. The molecule has 2 amide bonds. The molecule has 5 rings (SSSR count). The zero-order chi connectivity index (χ0) is 27.7. The van der Waals surface area contributed by atoms with Crippen LogP contribution in [0.1, 0.15) is 65.8 Å². The van der Waals surface area contributed by atoms with Crippen LogP contribution in [0.3, 0.4) is 0 Å². The second-order valence-corrected chi connectivity index (χ2v) is 9.94. The Balaban J connectivity index is 1.47. The van der Waals surface area contributed by atoms with Crippen LogP contribution in [0, 0.1) is 6.92 Å². The molecule has 39 heavy (non-hydrogen) atoms. The number of anilines is 3. The van der Waals surface area contributed by atoms with Crippen molar-refractivity contribution in [3.05, 3.63) is 99.6 Å². The Bertz CT molecular complexity index is 1560. The lowest BCUT2D eigenvalue weighted by Crippen LogP contribution is -2.30. The molecule has 0 spiro atoms. The Morgan fingerprint density at radius 1 is 0.795 bits per heavy atom. The van der Waals surface area contributed by atoms with Gasteiger partial charge in [0.1, 0.15) is 0 Å². The first-order valence-corrected chi connectivity index (χ1v) is 13.0. The number of hydrogen-bond donors (Lipinski definition) is 4. The van der Waals surface area contributed by atoms with Crippen molar-refractivity contribution in [3.63, 3.8) is 0 Å². The van der Waals surface area contributed by atoms with Crippen molar-refractivity contribution in [2.75, 3.05) is 10.6 Å². The molecule has 3 aliphatic rings. The summed E-state index contributed by atoms with van der Waals surface area (Å²) in [6.45, 7) is 4.75. The molecule has 2 aromatic carbocycles. The van der Waals surface area contributed by atoms with Gasteiger partial charge in [-0.25, -0.2) is 0 Å². The maximum absolute atomic E-state index is 13.9. The van der Waals surface area contributed by atoms with E-state index in [-0.39, 0.29) is 23.4 Å². The summed E-state index contributed by atoms with van der Waals surface area (Å²) in [5, 5.41) is 12.3. The zero-order valence-corrected chi connectivity index (χ0v) is 22.2. The molecule has 0 unspecified atom stereocenters. The minimum atomic E-state index is -0.172. The summed E-state index contributed by atoms with van der Waals surface area (Å²) in [7, 11) is 0. The Morgan fingerprint density at radius 2 is 1.54 bits per heavy atom. The second kappa shape index (κ2) is 10.6. The summed E-state index contributed by atoms with van der Waals surface area (Å²) in [6.07, 6.45) is 8.47. The topological polar surface area (TPSA) is 116 Å². The molecular formula is C31H30N4O4. The number of hydrogen-bond acceptors (Lipinski definition) is 6. The highest BCUT2D eigenvalue weighted by atomic mass is 16.2. The minimum absolute atomic E-state index is 0.141. The van der Waals surface area contributed by atoms with Gasteiger partial charge in [-0.05, 0) is 74.6 Å². The Morgan fingerprint density at radius 3 is 2.31 bits per heavy atom. The van der Waals surface area contributed by atoms with Crippen molar-refractivity contribution in [1.82, 2.24) is 10.6 Å². The van der Waals surface area contributed by atoms with Crippen LogP contribution in [-0.4, -0.2) is 23.4 Å². The first-order valence-electron chi connectivity index (χ1n) is 13.0. The number of nitrogens with one attached hydrogen (secondary N) is 4. The Kier molecular flexibility index (Phi) is 7.02. The van der Waals surface area contributed by atoms with E-state index in [1.54, 1.807) is 18.2 Å². The van der Waals surface area contributed by atoms with Crippen molar-refractivity contribution in [2.24, 2.45) is 0 Å². The molecule has 0 heterocycles. The first kappa shape index (κ1) is 25.9. The van der Waals surface area contributed by atoms with Gasteiger partial charge in [0.15, 0.2) is 11.6 Å². The van der Waals surface area contributed by atoms with Gasteiger partial charge in [-0.3, -0.25) is 19.2 Å². The van der Waals surface area contributed by atoms with Crippen LogP contribution >= 0.6 is 0 Å². The third kappa shape index (κ3) is 5.45. The van der Waals surface area contributed by atoms with E-state index in [0.29, 0.717) is 52.1 Å². The fourth-order valence-corrected chi connectivity index (χ4v) is 5.28. The summed E-state index contributed by atoms with van der Waals surface area (Å²) in [6, 6.07) is 10.9. The first-order chi connectivity index (χ1) is 18.7. The monoisotopic (exact) mass is 522 g/mol. The molecule has 0 radical (unpaired) electrons. The van der Waals surface area contributed by atoms with Crippen LogP contribution < -0.4 is 21.3 Å². The summed E-state index contributed by atoms with van der Waals surface area (Å²) in [5.41, 5.74) is 6.81. The van der Waals surface area contributed by atoms with Gasteiger partial charge in [0.25, 0.3) is 0 Å². The van der Waals surface area contributed by atoms with Crippen LogP contribution in [0.25, 0.3) is 0 Å². The number of ketones is 2. The zero-order valence-electron chi connectivity index (χ0n) is 22.2. The van der Waals surface area contributed by atoms with Gasteiger partial charge in [-0.2, -0.15) is 0 Å². The van der Waals surface area contributed by atoms with E-state index in [4.69, 9.17) is 0 Å². The molecule has 0 aromatic heterocycles. The smallest absolute Gasteiger partial charge is 0.221 e. The Hall–Kier alpha value is -4.72. The molecular weight excluding hydrogens is 492 g/mol. The largest absolute Gasteiger partial charge is 0.362 e. The van der Waals surface area contributed by atoms with Gasteiger partial charge >= 0.3 is 0 Å². The van der Waals surface area contributed by atoms with Gasteiger partial charge in [-0.1, -0.05) is 18.2 Å². The number of amides is 2. The van der Waals surface area contributed by atoms with Crippen LogP contribution in [0.15, 0.2) is 82.9 Å². The molecule has 198 valence electrons. The molecule has 0 aliphatic heterocycles. The van der Waals surface area contributed by atoms with E-state index in [0.717, 1.165) is 35.6 Å². The minimum Gasteiger partial charge on any atom is -0.362 e. The van der Waals surface area contributed by atoms with Crippen molar-refractivity contribution in [2.45, 2.75) is 46.5 Å². The number of carbonyl (C=O) groups is 4. The van der Waals surface area contributed by atoms with E-state index in [1.165, 1.54) is 13.8 Å². The maximum Gasteiger partial charge on any atom is 0.221 e. The van der Waals surface area contributed by atoms with Gasteiger partial charge < -0.3 is 21.3 Å². The van der Waals surface area contributed by atoms with Crippen molar-refractivity contribution < 1.29 is 19.2 Å². The van der Waals surface area contributed by atoms with E-state index in [1.807, 2.05) is 43.4 Å². The molecule has 4 N–H and O–H groups in total.